The molecule has 2 saturated carbocycles. The number of aryl methyl sites for hydroxylation is 2. The third-order valence-electron chi connectivity index (χ3n) is 24.9. The smallest absolute Gasteiger partial charge is 0.264 e. The number of carbonyl (C=O) groups excluding carboxylic acids is 4. The minimum Gasteiger partial charge on any atom is -0.490 e. The number of hydrogen-bond donors (Lipinski definition) is 4. The molecular formula is C76H98Cl2N6O11S2. The van der Waals surface area contributed by atoms with Crippen LogP contribution in [0.2, 0.25) is 10.0 Å². The standard InChI is InChI=1S/C38H50ClN3O6S.C38H48ClN3O5S/c1-25-7-5-16-38(45,21-35(43)41-17-3-4-18-41)32-12-9-29(32)22-42-23-37(15-6-8-27-19-30(39)11-13-31(27)37)24-48-34-14-10-28(20-33(34)42)36(44)40-49(46,47)26(25)2;1-24-7-5-17-38(45,32-15-18-41(3)36(32)44)31-12-9-28(31)21-42-22-37(16-6-8-26-19-29(39)11-13-30(26)37)23-47-34-14-10-27(20-33(34)42)35(43)40-48(4,46)25(24)2/h10-11,13-14,19-20,25-26,29,32,45H,3-9,12,15-18,21-24H2,1-2H3,(H,40,44);5,10-11,13-14,17,19-20,24-25,28,31-32,45H,4,6-9,12,15-16,18,21-23H2,1-3H3,(H,40,43,46)/b;17-5+/t25-,26+,29-,32+,37-,38+;24-,25+,28-,31+,32-,37-,38+,48?/m00/s1. The Morgan fingerprint density at radius 2 is 1.19 bits per heavy atom. The molecule has 10 aliphatic rings. The average Bonchev–Trinajstić information content (AvgIpc) is 1.72. The Morgan fingerprint density at radius 3 is 1.71 bits per heavy atom. The number of benzene rings is 4. The summed E-state index contributed by atoms with van der Waals surface area (Å²) in [6.07, 6.45) is 17.9. The fourth-order valence-electron chi connectivity index (χ4n) is 18.4. The van der Waals surface area contributed by atoms with Gasteiger partial charge in [-0.1, -0.05) is 67.8 Å². The van der Waals surface area contributed by atoms with Crippen LogP contribution in [0, 0.1) is 41.4 Å². The Morgan fingerprint density at radius 1 is 0.639 bits per heavy atom. The number of sulfonamides is 1. The third-order valence-corrected chi connectivity index (χ3v) is 29.5. The van der Waals surface area contributed by atoms with E-state index in [1.807, 2.05) is 69.1 Å². The molecule has 6 aliphatic heterocycles. The number of nitrogens with one attached hydrogen (secondary N) is 2. The van der Waals surface area contributed by atoms with Crippen molar-refractivity contribution in [2.24, 2.45) is 41.4 Å². The van der Waals surface area contributed by atoms with Crippen LogP contribution >= 0.6 is 23.2 Å². The van der Waals surface area contributed by atoms with Gasteiger partial charge in [0.1, 0.15) is 11.5 Å². The van der Waals surface area contributed by atoms with Crippen LogP contribution in [0.15, 0.2) is 84.9 Å². The molecule has 2 saturated heterocycles. The molecule has 4 N–H and O–H groups in total. The number of fused-ring (bicyclic) bond motifs is 8. The highest BCUT2D eigenvalue weighted by atomic mass is 35.5. The van der Waals surface area contributed by atoms with Crippen LogP contribution in [0.1, 0.15) is 173 Å². The van der Waals surface area contributed by atoms with Crippen LogP contribution in [0.5, 0.6) is 11.5 Å². The number of allylic oxidation sites excluding steroid dienone is 1. The van der Waals surface area contributed by atoms with Gasteiger partial charge in [0.05, 0.1) is 63.1 Å². The molecule has 4 aromatic rings. The van der Waals surface area contributed by atoms with E-state index in [0.29, 0.717) is 100 Å². The fourth-order valence-corrected chi connectivity index (χ4v) is 21.5. The van der Waals surface area contributed by atoms with Crippen molar-refractivity contribution < 1.29 is 51.5 Å². The lowest BCUT2D eigenvalue weighted by Gasteiger charge is -2.50. The van der Waals surface area contributed by atoms with E-state index < -0.39 is 59.2 Å². The number of likely N-dealkylation sites (tertiary alicyclic amines) is 2. The number of carbonyl (C=O) groups is 4. The van der Waals surface area contributed by atoms with Gasteiger partial charge in [-0.25, -0.2) is 17.3 Å². The predicted octanol–water partition coefficient (Wildman–Crippen LogP) is 11.2. The maximum Gasteiger partial charge on any atom is 0.264 e. The van der Waals surface area contributed by atoms with Crippen LogP contribution in [-0.2, 0) is 53.0 Å². The second-order valence-electron chi connectivity index (χ2n) is 30.8. The van der Waals surface area contributed by atoms with Gasteiger partial charge in [0, 0.05) is 90.1 Å². The summed E-state index contributed by atoms with van der Waals surface area (Å²) in [4.78, 5) is 62.5. The molecule has 4 amide bonds. The number of ether oxygens (including phenoxy) is 2. The van der Waals surface area contributed by atoms with Crippen LogP contribution in [0.4, 0.5) is 11.4 Å². The Kier molecular flexibility index (Phi) is 19.6. The van der Waals surface area contributed by atoms with Gasteiger partial charge in [-0.15, -0.1) is 0 Å². The van der Waals surface area contributed by atoms with E-state index in [2.05, 4.69) is 49.4 Å². The number of nitrogens with zero attached hydrogens (tertiary/aromatic N) is 4. The lowest BCUT2D eigenvalue weighted by atomic mass is 9.60. The SMILES string of the molecule is C=S1(=O)NC(=O)c2ccc3c(c2)N(C[C@@H]2CC[C@H]2[C@@](O)([C@H]2CCN(C)C2=O)/C=C/C[C@H](C)[C@H]1C)C[C@@]1(CCCc2cc(Cl)ccc21)CO3.C[C@@H]1[C@@H](C)CCC[C@@](O)(CC(=O)N2CCCC2)[C@@H]2CC[C@H]2CN2C[C@@]3(CCCc4cc(Cl)ccc43)COc3ccc(cc32)C(=O)NS1(=O)=O. The van der Waals surface area contributed by atoms with Gasteiger partial charge in [0.25, 0.3) is 11.8 Å². The minimum atomic E-state index is -3.98. The zero-order valence-electron chi connectivity index (χ0n) is 57.0. The van der Waals surface area contributed by atoms with Gasteiger partial charge in [-0.3, -0.25) is 23.9 Å². The maximum absolute atomic E-state index is 13.9. The molecule has 0 aromatic heterocycles. The molecule has 524 valence electrons. The summed E-state index contributed by atoms with van der Waals surface area (Å²) in [5.41, 5.74) is 4.07. The maximum atomic E-state index is 13.9. The Balaban J connectivity index is 0.000000175. The number of hydrogen-bond acceptors (Lipinski definition) is 13. The van der Waals surface area contributed by atoms with E-state index in [4.69, 9.17) is 32.7 Å². The number of rotatable bonds is 3. The van der Waals surface area contributed by atoms with E-state index in [1.54, 1.807) is 36.1 Å². The normalized spacial score (nSPS) is 35.2. The molecule has 21 heteroatoms. The Bertz CT molecular complexity index is 3980. The van der Waals surface area contributed by atoms with E-state index in [9.17, 15) is 42.0 Å². The highest BCUT2D eigenvalue weighted by Crippen LogP contribution is 2.53. The molecular weight excluding hydrogens is 1310 g/mol. The lowest BCUT2D eigenvalue weighted by Crippen LogP contribution is -2.56. The van der Waals surface area contributed by atoms with Gasteiger partial charge >= 0.3 is 0 Å². The van der Waals surface area contributed by atoms with Crippen LogP contribution in [0.25, 0.3) is 0 Å². The molecule has 4 fully saturated rings. The van der Waals surface area contributed by atoms with Crippen molar-refractivity contribution in [3.8, 4) is 11.5 Å². The summed E-state index contributed by atoms with van der Waals surface area (Å²) in [6.45, 7) is 13.0. The quantitative estimate of drug-likeness (QED) is 0.111. The van der Waals surface area contributed by atoms with Crippen molar-refractivity contribution in [1.29, 1.82) is 0 Å². The number of anilines is 2. The van der Waals surface area contributed by atoms with Crippen molar-refractivity contribution in [2.45, 2.75) is 176 Å². The Labute approximate surface area is 583 Å². The summed E-state index contributed by atoms with van der Waals surface area (Å²) >= 11 is 12.9. The van der Waals surface area contributed by atoms with E-state index in [0.717, 1.165) is 107 Å². The molecule has 4 aromatic carbocycles. The first-order valence-corrected chi connectivity index (χ1v) is 39.8. The van der Waals surface area contributed by atoms with Crippen molar-refractivity contribution >= 4 is 83.8 Å². The largest absolute Gasteiger partial charge is 0.490 e. The predicted molar refractivity (Wildman–Crippen MR) is 383 cm³/mol. The van der Waals surface area contributed by atoms with E-state index in [-0.39, 0.29) is 70.1 Å². The van der Waals surface area contributed by atoms with E-state index >= 15 is 0 Å². The molecule has 6 heterocycles. The molecule has 0 radical (unpaired) electrons. The molecule has 97 heavy (non-hydrogen) atoms. The molecule has 4 aliphatic carbocycles. The fraction of sp³-hybridized carbons (Fsp3) is 0.592. The first-order chi connectivity index (χ1) is 46.2. The van der Waals surface area contributed by atoms with Gasteiger partial charge < -0.3 is 39.3 Å². The first kappa shape index (κ1) is 69.6. The van der Waals surface area contributed by atoms with Gasteiger partial charge in [0.15, 0.2) is 0 Å². The first-order valence-electron chi connectivity index (χ1n) is 35.7. The third kappa shape index (κ3) is 13.6. The molecule has 17 nitrogen and oxygen atoms in total. The molecule has 14 atom stereocenters. The second kappa shape index (κ2) is 27.3. The van der Waals surface area contributed by atoms with Crippen LogP contribution in [-0.4, -0.2) is 150 Å². The molecule has 4 bridgehead atoms. The number of amides is 4. The van der Waals surface area contributed by atoms with Crippen molar-refractivity contribution in [2.75, 3.05) is 75.9 Å². The lowest BCUT2D eigenvalue weighted by molar-refractivity contribution is -0.145. The summed E-state index contributed by atoms with van der Waals surface area (Å²) < 4.78 is 59.2. The summed E-state index contributed by atoms with van der Waals surface area (Å²) in [7, 11) is -5.19. The summed E-state index contributed by atoms with van der Waals surface area (Å²) in [5.74, 6) is 3.47. The van der Waals surface area contributed by atoms with Crippen molar-refractivity contribution in [1.82, 2.24) is 19.2 Å². The second-order valence-corrected chi connectivity index (χ2v) is 36.2. The zero-order chi connectivity index (χ0) is 68.6. The molecule has 1 unspecified atom stereocenters. The number of aliphatic hydroxyl groups is 2. The highest BCUT2D eigenvalue weighted by Gasteiger charge is 2.56. The van der Waals surface area contributed by atoms with Crippen LogP contribution in [0.3, 0.4) is 0 Å². The Hall–Kier alpha value is -5.83. The summed E-state index contributed by atoms with van der Waals surface area (Å²) in [5, 5.41) is 25.4. The highest BCUT2D eigenvalue weighted by molar-refractivity contribution is 7.99. The van der Waals surface area contributed by atoms with Crippen molar-refractivity contribution in [3.63, 3.8) is 0 Å². The van der Waals surface area contributed by atoms with Gasteiger partial charge in [-0.05, 0) is 241 Å². The molecule has 14 rings (SSSR count). The topological polar surface area (TPSA) is 215 Å². The monoisotopic (exact) mass is 1400 g/mol. The molecule has 2 spiro atoms. The van der Waals surface area contributed by atoms with Crippen molar-refractivity contribution in [3.05, 3.63) is 128 Å². The minimum absolute atomic E-state index is 0.0123. The van der Waals surface area contributed by atoms with E-state index in [1.165, 1.54) is 22.3 Å². The van der Waals surface area contributed by atoms with Gasteiger partial charge in [0.2, 0.25) is 21.8 Å². The zero-order valence-corrected chi connectivity index (χ0v) is 60.2. The summed E-state index contributed by atoms with van der Waals surface area (Å²) in [6, 6.07) is 23.0. The number of halogens is 2. The van der Waals surface area contributed by atoms with Gasteiger partial charge in [-0.2, -0.15) is 0 Å². The van der Waals surface area contributed by atoms with Crippen LogP contribution < -0.4 is 28.7 Å². The average molecular weight is 1410 g/mol.